The Balaban J connectivity index is 2.97. The molecule has 1 aromatic rings. The van der Waals surface area contributed by atoms with Gasteiger partial charge in [-0.05, 0) is 26.0 Å². The van der Waals surface area contributed by atoms with E-state index >= 15 is 0 Å². The van der Waals surface area contributed by atoms with Crippen LogP contribution in [-0.4, -0.2) is 31.9 Å². The molecule has 20 heavy (non-hydrogen) atoms. The van der Waals surface area contributed by atoms with Crippen LogP contribution in [0.1, 0.15) is 19.4 Å². The Morgan fingerprint density at radius 1 is 1.45 bits per heavy atom. The minimum absolute atomic E-state index is 0.0129. The molecule has 0 aromatic heterocycles. The summed E-state index contributed by atoms with van der Waals surface area (Å²) < 4.78 is 26.6. The molecular weight excluding hydrogens is 298 g/mol. The van der Waals surface area contributed by atoms with Crippen LogP contribution in [0, 0.1) is 0 Å². The van der Waals surface area contributed by atoms with Gasteiger partial charge in [0.25, 0.3) is 0 Å². The Labute approximate surface area is 123 Å². The van der Waals surface area contributed by atoms with Crippen molar-refractivity contribution in [2.45, 2.75) is 24.8 Å². The van der Waals surface area contributed by atoms with Gasteiger partial charge in [-0.3, -0.25) is 4.79 Å². The van der Waals surface area contributed by atoms with Crippen LogP contribution in [0.5, 0.6) is 0 Å². The first-order valence-corrected chi connectivity index (χ1v) is 7.87. The lowest BCUT2D eigenvalue weighted by molar-refractivity contribution is -0.122. The predicted molar refractivity (Wildman–Crippen MR) is 80.8 cm³/mol. The summed E-state index contributed by atoms with van der Waals surface area (Å²) in [5, 5.41) is 2.54. The van der Waals surface area contributed by atoms with Gasteiger partial charge in [0.1, 0.15) is 4.99 Å². The second-order valence-electron chi connectivity index (χ2n) is 4.13. The van der Waals surface area contributed by atoms with Crippen LogP contribution >= 0.6 is 12.2 Å². The van der Waals surface area contributed by atoms with E-state index in [0.29, 0.717) is 12.1 Å². The molecule has 0 bridgehead atoms. The number of carbonyl (C=O) groups is 1. The van der Waals surface area contributed by atoms with Gasteiger partial charge in [-0.15, -0.1) is 0 Å². The van der Waals surface area contributed by atoms with Crippen molar-refractivity contribution >= 4 is 33.1 Å². The molecule has 0 saturated heterocycles. The summed E-state index contributed by atoms with van der Waals surface area (Å²) in [5.74, 6) is -0.387. The van der Waals surface area contributed by atoms with Gasteiger partial charge in [-0.2, -0.15) is 4.72 Å². The number of amides is 1. The average Bonchev–Trinajstić information content (AvgIpc) is 2.38. The molecule has 8 heteroatoms. The van der Waals surface area contributed by atoms with Gasteiger partial charge in [0, 0.05) is 12.1 Å². The predicted octanol–water partition coefficient (Wildman–Crippen LogP) is 0.124. The maximum Gasteiger partial charge on any atom is 0.241 e. The summed E-state index contributed by atoms with van der Waals surface area (Å²) in [4.78, 5) is 11.7. The number of rotatable bonds is 6. The molecule has 1 amide bonds. The fraction of sp³-hybridized carbons (Fsp3) is 0.333. The lowest BCUT2D eigenvalue weighted by Gasteiger charge is -2.14. The van der Waals surface area contributed by atoms with Crippen molar-refractivity contribution in [3.8, 4) is 0 Å². The van der Waals surface area contributed by atoms with Gasteiger partial charge >= 0.3 is 0 Å². The van der Waals surface area contributed by atoms with E-state index in [4.69, 9.17) is 18.0 Å². The van der Waals surface area contributed by atoms with Crippen molar-refractivity contribution in [3.63, 3.8) is 0 Å². The Morgan fingerprint density at radius 3 is 2.65 bits per heavy atom. The molecule has 0 radical (unpaired) electrons. The van der Waals surface area contributed by atoms with E-state index in [2.05, 4.69) is 10.0 Å². The number of nitrogens with one attached hydrogen (secondary N) is 2. The minimum atomic E-state index is -3.80. The smallest absolute Gasteiger partial charge is 0.241 e. The molecule has 1 aromatic carbocycles. The van der Waals surface area contributed by atoms with E-state index in [0.717, 1.165) is 0 Å². The normalized spacial score (nSPS) is 12.7. The third-order valence-electron chi connectivity index (χ3n) is 2.51. The van der Waals surface area contributed by atoms with E-state index in [1.54, 1.807) is 19.1 Å². The second kappa shape index (κ2) is 6.78. The SMILES string of the molecule is CCNC(=O)C(C)NS(=O)(=O)c1cccc(C(N)=S)c1. The number of sulfonamides is 1. The highest BCUT2D eigenvalue weighted by Gasteiger charge is 2.21. The number of hydrogen-bond acceptors (Lipinski definition) is 4. The van der Waals surface area contributed by atoms with Crippen molar-refractivity contribution < 1.29 is 13.2 Å². The largest absolute Gasteiger partial charge is 0.389 e. The summed E-state index contributed by atoms with van der Waals surface area (Å²) in [5.41, 5.74) is 5.92. The van der Waals surface area contributed by atoms with Crippen LogP contribution in [-0.2, 0) is 14.8 Å². The zero-order chi connectivity index (χ0) is 15.3. The molecule has 0 fully saturated rings. The highest BCUT2D eigenvalue weighted by molar-refractivity contribution is 7.89. The fourth-order valence-corrected chi connectivity index (χ4v) is 2.87. The molecule has 0 aliphatic heterocycles. The van der Waals surface area contributed by atoms with E-state index in [-0.39, 0.29) is 15.8 Å². The number of nitrogens with two attached hydrogens (primary N) is 1. The summed E-state index contributed by atoms with van der Waals surface area (Å²) in [6.07, 6.45) is 0. The topological polar surface area (TPSA) is 101 Å². The van der Waals surface area contributed by atoms with Crippen LogP contribution in [0.3, 0.4) is 0 Å². The number of likely N-dealkylation sites (N-methyl/N-ethyl adjacent to an activating group) is 1. The number of hydrogen-bond donors (Lipinski definition) is 3. The monoisotopic (exact) mass is 315 g/mol. The van der Waals surface area contributed by atoms with E-state index in [9.17, 15) is 13.2 Å². The van der Waals surface area contributed by atoms with Crippen LogP contribution < -0.4 is 15.8 Å². The van der Waals surface area contributed by atoms with Gasteiger partial charge in [0.2, 0.25) is 15.9 Å². The van der Waals surface area contributed by atoms with Gasteiger partial charge in [0.15, 0.2) is 0 Å². The maximum absolute atomic E-state index is 12.2. The molecule has 1 unspecified atom stereocenters. The fourth-order valence-electron chi connectivity index (χ4n) is 1.50. The van der Waals surface area contributed by atoms with Gasteiger partial charge in [-0.25, -0.2) is 8.42 Å². The zero-order valence-corrected chi connectivity index (χ0v) is 12.8. The minimum Gasteiger partial charge on any atom is -0.389 e. The van der Waals surface area contributed by atoms with E-state index in [1.165, 1.54) is 19.1 Å². The van der Waals surface area contributed by atoms with Crippen molar-refractivity contribution in [3.05, 3.63) is 29.8 Å². The lowest BCUT2D eigenvalue weighted by atomic mass is 10.2. The van der Waals surface area contributed by atoms with Crippen LogP contribution in [0.2, 0.25) is 0 Å². The van der Waals surface area contributed by atoms with Gasteiger partial charge in [0.05, 0.1) is 10.9 Å². The van der Waals surface area contributed by atoms with Crippen LogP contribution in [0.15, 0.2) is 29.2 Å². The van der Waals surface area contributed by atoms with Crippen molar-refractivity contribution in [1.29, 1.82) is 0 Å². The maximum atomic E-state index is 12.2. The first-order valence-electron chi connectivity index (χ1n) is 5.98. The van der Waals surface area contributed by atoms with Gasteiger partial charge < -0.3 is 11.1 Å². The average molecular weight is 315 g/mol. The summed E-state index contributed by atoms with van der Waals surface area (Å²) in [7, 11) is -3.80. The van der Waals surface area contributed by atoms with Crippen molar-refractivity contribution in [1.82, 2.24) is 10.0 Å². The molecule has 0 aliphatic rings. The standard InChI is InChI=1S/C12H17N3O3S2/c1-3-14-12(16)8(2)15-20(17,18)10-6-4-5-9(7-10)11(13)19/h4-8,15H,3H2,1-2H3,(H2,13,19)(H,14,16). The summed E-state index contributed by atoms with van der Waals surface area (Å²) >= 11 is 4.81. The molecule has 0 aliphatic carbocycles. The highest BCUT2D eigenvalue weighted by Crippen LogP contribution is 2.12. The van der Waals surface area contributed by atoms with E-state index in [1.807, 2.05) is 0 Å². The molecule has 1 atom stereocenters. The molecule has 0 heterocycles. The number of benzene rings is 1. The van der Waals surface area contributed by atoms with Crippen LogP contribution in [0.4, 0.5) is 0 Å². The molecule has 6 nitrogen and oxygen atoms in total. The number of carbonyl (C=O) groups excluding carboxylic acids is 1. The molecule has 110 valence electrons. The Hall–Kier alpha value is -1.51. The third-order valence-corrected chi connectivity index (χ3v) is 4.28. The molecule has 1 rings (SSSR count). The number of thiocarbonyl (C=S) groups is 1. The second-order valence-corrected chi connectivity index (χ2v) is 6.28. The molecule has 0 saturated carbocycles. The Kier molecular flexibility index (Phi) is 5.61. The molecular formula is C12H17N3O3S2. The van der Waals surface area contributed by atoms with Crippen molar-refractivity contribution in [2.24, 2.45) is 5.73 Å². The van der Waals surface area contributed by atoms with E-state index < -0.39 is 16.1 Å². The Morgan fingerprint density at radius 2 is 2.10 bits per heavy atom. The zero-order valence-electron chi connectivity index (χ0n) is 11.2. The molecule has 0 spiro atoms. The van der Waals surface area contributed by atoms with Crippen molar-refractivity contribution in [2.75, 3.05) is 6.54 Å². The first-order chi connectivity index (χ1) is 9.27. The Bertz CT molecular complexity index is 614. The van der Waals surface area contributed by atoms with Crippen LogP contribution in [0.25, 0.3) is 0 Å². The summed E-state index contributed by atoms with van der Waals surface area (Å²) in [6.45, 7) is 3.66. The highest BCUT2D eigenvalue weighted by atomic mass is 32.2. The summed E-state index contributed by atoms with van der Waals surface area (Å²) in [6, 6.07) is 5.08. The van der Waals surface area contributed by atoms with Gasteiger partial charge in [-0.1, -0.05) is 24.4 Å². The lowest BCUT2D eigenvalue weighted by Crippen LogP contribution is -2.44. The first kappa shape index (κ1) is 16.5. The third kappa shape index (κ3) is 4.26. The molecule has 4 N–H and O–H groups in total. The quantitative estimate of drug-likeness (QED) is 0.648.